The average Bonchev–Trinajstić information content (AvgIpc) is 3.10. The summed E-state index contributed by atoms with van der Waals surface area (Å²) in [6, 6.07) is 6.94. The minimum absolute atomic E-state index is 0.0795. The molecule has 2 saturated heterocycles. The van der Waals surface area contributed by atoms with Gasteiger partial charge in [0.15, 0.2) is 0 Å². The number of rotatable bonds is 5. The number of benzene rings is 1. The minimum atomic E-state index is -0.482. The highest BCUT2D eigenvalue weighted by molar-refractivity contribution is 5.57. The fraction of sp³-hybridized carbons (Fsp3) is 0.588. The molecule has 2 heterocycles. The quantitative estimate of drug-likeness (QED) is 0.897. The van der Waals surface area contributed by atoms with E-state index in [-0.39, 0.29) is 5.56 Å². The van der Waals surface area contributed by atoms with Gasteiger partial charge in [0.05, 0.1) is 25.5 Å². The van der Waals surface area contributed by atoms with Crippen LogP contribution in [0, 0.1) is 23.1 Å². The molecule has 124 valence electrons. The van der Waals surface area contributed by atoms with Crippen molar-refractivity contribution in [3.8, 4) is 6.07 Å². The smallest absolute Gasteiger partial charge is 0.143 e. The third-order valence-electron chi connectivity index (χ3n) is 4.65. The van der Waals surface area contributed by atoms with E-state index in [2.05, 4.69) is 10.2 Å². The lowest BCUT2D eigenvalue weighted by atomic mass is 9.96. The van der Waals surface area contributed by atoms with Gasteiger partial charge < -0.3 is 14.8 Å². The van der Waals surface area contributed by atoms with E-state index in [1.807, 2.05) is 6.07 Å². The van der Waals surface area contributed by atoms with Crippen LogP contribution in [0.25, 0.3) is 0 Å². The Kier molecular flexibility index (Phi) is 5.44. The number of nitriles is 1. The molecule has 2 aliphatic heterocycles. The van der Waals surface area contributed by atoms with Crippen LogP contribution >= 0.6 is 0 Å². The van der Waals surface area contributed by atoms with Crippen molar-refractivity contribution in [3.63, 3.8) is 0 Å². The molecule has 2 aliphatic rings. The van der Waals surface area contributed by atoms with Crippen LogP contribution < -0.4 is 5.32 Å². The molecule has 0 unspecified atom stereocenters. The van der Waals surface area contributed by atoms with E-state index in [0.29, 0.717) is 24.2 Å². The van der Waals surface area contributed by atoms with Crippen LogP contribution in [0.4, 0.5) is 10.1 Å². The minimum Gasteiger partial charge on any atom is -0.382 e. The number of morpholine rings is 1. The zero-order chi connectivity index (χ0) is 16.1. The van der Waals surface area contributed by atoms with E-state index in [4.69, 9.17) is 14.7 Å². The summed E-state index contributed by atoms with van der Waals surface area (Å²) in [6.07, 6.45) is 1.04. The predicted octanol–water partition coefficient (Wildman–Crippen LogP) is 1.85. The first-order valence-corrected chi connectivity index (χ1v) is 8.11. The molecule has 6 heteroatoms. The molecule has 0 saturated carbocycles. The van der Waals surface area contributed by atoms with Crippen LogP contribution in [0.15, 0.2) is 18.2 Å². The van der Waals surface area contributed by atoms with Crippen LogP contribution in [0.3, 0.4) is 0 Å². The normalized spacial score (nSPS) is 23.4. The van der Waals surface area contributed by atoms with Gasteiger partial charge in [-0.15, -0.1) is 0 Å². The van der Waals surface area contributed by atoms with Crippen molar-refractivity contribution in [1.29, 1.82) is 5.26 Å². The van der Waals surface area contributed by atoms with Gasteiger partial charge in [-0.1, -0.05) is 6.07 Å². The fourth-order valence-electron chi connectivity index (χ4n) is 3.36. The summed E-state index contributed by atoms with van der Waals surface area (Å²) >= 11 is 0. The van der Waals surface area contributed by atoms with Gasteiger partial charge in [-0.3, -0.25) is 4.90 Å². The molecule has 23 heavy (non-hydrogen) atoms. The number of hydrogen-bond donors (Lipinski definition) is 1. The van der Waals surface area contributed by atoms with Gasteiger partial charge >= 0.3 is 0 Å². The van der Waals surface area contributed by atoms with E-state index < -0.39 is 5.82 Å². The summed E-state index contributed by atoms with van der Waals surface area (Å²) in [5, 5.41) is 12.4. The van der Waals surface area contributed by atoms with Crippen LogP contribution in [-0.2, 0) is 9.47 Å². The van der Waals surface area contributed by atoms with Crippen molar-refractivity contribution in [2.75, 3.05) is 51.4 Å². The molecular formula is C17H22FN3O2. The molecule has 0 bridgehead atoms. The Balaban J connectivity index is 1.71. The molecule has 0 aromatic heterocycles. The van der Waals surface area contributed by atoms with Crippen LogP contribution in [0.5, 0.6) is 0 Å². The molecule has 0 aliphatic carbocycles. The van der Waals surface area contributed by atoms with Crippen molar-refractivity contribution in [3.05, 3.63) is 29.6 Å². The molecule has 1 aromatic carbocycles. The summed E-state index contributed by atoms with van der Waals surface area (Å²) in [5.41, 5.74) is 0.639. The molecule has 0 spiro atoms. The first kappa shape index (κ1) is 16.2. The monoisotopic (exact) mass is 319 g/mol. The number of nitrogens with zero attached hydrogens (tertiary/aromatic N) is 2. The predicted molar refractivity (Wildman–Crippen MR) is 84.7 cm³/mol. The molecule has 0 radical (unpaired) electrons. The van der Waals surface area contributed by atoms with Crippen molar-refractivity contribution in [2.45, 2.75) is 12.5 Å². The zero-order valence-electron chi connectivity index (χ0n) is 13.1. The van der Waals surface area contributed by atoms with Crippen molar-refractivity contribution in [2.24, 2.45) is 5.92 Å². The Bertz CT molecular complexity index is 563. The number of hydrogen-bond acceptors (Lipinski definition) is 5. The van der Waals surface area contributed by atoms with Gasteiger partial charge in [0.25, 0.3) is 0 Å². The lowest BCUT2D eigenvalue weighted by molar-refractivity contribution is 0.00461. The highest BCUT2D eigenvalue weighted by atomic mass is 19.1. The topological polar surface area (TPSA) is 57.5 Å². The second-order valence-corrected chi connectivity index (χ2v) is 5.99. The highest BCUT2D eigenvalue weighted by Crippen LogP contribution is 2.24. The molecule has 1 aromatic rings. The first-order valence-electron chi connectivity index (χ1n) is 8.11. The largest absolute Gasteiger partial charge is 0.382 e. The van der Waals surface area contributed by atoms with E-state index in [1.54, 1.807) is 12.1 Å². The van der Waals surface area contributed by atoms with Gasteiger partial charge in [-0.25, -0.2) is 4.39 Å². The summed E-state index contributed by atoms with van der Waals surface area (Å²) < 4.78 is 24.7. The van der Waals surface area contributed by atoms with Gasteiger partial charge in [-0.05, 0) is 18.6 Å². The van der Waals surface area contributed by atoms with E-state index in [0.717, 1.165) is 45.9 Å². The Hall–Kier alpha value is -1.68. The molecule has 5 nitrogen and oxygen atoms in total. The van der Waals surface area contributed by atoms with Crippen LogP contribution in [0.2, 0.25) is 0 Å². The van der Waals surface area contributed by atoms with Crippen LogP contribution in [0.1, 0.15) is 12.0 Å². The Morgan fingerprint density at radius 2 is 2.13 bits per heavy atom. The number of nitrogens with one attached hydrogen (secondary N) is 1. The lowest BCUT2D eigenvalue weighted by Crippen LogP contribution is -2.50. The molecule has 2 atom stereocenters. The number of anilines is 1. The van der Waals surface area contributed by atoms with Gasteiger partial charge in [0.2, 0.25) is 0 Å². The Morgan fingerprint density at radius 1 is 1.30 bits per heavy atom. The third-order valence-corrected chi connectivity index (χ3v) is 4.65. The van der Waals surface area contributed by atoms with Crippen molar-refractivity contribution >= 4 is 5.69 Å². The maximum Gasteiger partial charge on any atom is 0.143 e. The van der Waals surface area contributed by atoms with E-state index >= 15 is 0 Å². The first-order chi connectivity index (χ1) is 11.3. The third kappa shape index (κ3) is 3.81. The van der Waals surface area contributed by atoms with Gasteiger partial charge in [0.1, 0.15) is 17.4 Å². The molecule has 1 N–H and O–H groups in total. The molecular weight excluding hydrogens is 297 g/mol. The zero-order valence-corrected chi connectivity index (χ0v) is 13.1. The molecule has 0 amide bonds. The number of halogens is 1. The summed E-state index contributed by atoms with van der Waals surface area (Å²) in [5.74, 6) is -0.0238. The highest BCUT2D eigenvalue weighted by Gasteiger charge is 2.31. The average molecular weight is 319 g/mol. The maximum atomic E-state index is 13.7. The SMILES string of the molecule is N#Cc1c(F)cccc1NC[C@@H]([C@@H]1CCOC1)N1CCOCC1. The maximum absolute atomic E-state index is 13.7. The summed E-state index contributed by atoms with van der Waals surface area (Å²) in [4.78, 5) is 2.42. The second kappa shape index (κ2) is 7.73. The Morgan fingerprint density at radius 3 is 2.83 bits per heavy atom. The Labute approximate surface area is 136 Å². The van der Waals surface area contributed by atoms with Crippen molar-refractivity contribution in [1.82, 2.24) is 4.90 Å². The van der Waals surface area contributed by atoms with Crippen LogP contribution in [-0.4, -0.2) is 57.0 Å². The molecule has 2 fully saturated rings. The van der Waals surface area contributed by atoms with Gasteiger partial charge in [-0.2, -0.15) is 5.26 Å². The van der Waals surface area contributed by atoms with Gasteiger partial charge in [0, 0.05) is 38.2 Å². The fourth-order valence-corrected chi connectivity index (χ4v) is 3.36. The van der Waals surface area contributed by atoms with E-state index in [1.165, 1.54) is 6.07 Å². The lowest BCUT2D eigenvalue weighted by Gasteiger charge is -2.37. The van der Waals surface area contributed by atoms with E-state index in [9.17, 15) is 4.39 Å². The standard InChI is InChI=1S/C17H22FN3O2/c18-15-2-1-3-16(14(15)10-19)20-11-17(13-4-7-23-12-13)21-5-8-22-9-6-21/h1-3,13,17,20H,4-9,11-12H2/t13-,17+/m1/s1. The van der Waals surface area contributed by atoms with Crippen molar-refractivity contribution < 1.29 is 13.9 Å². The summed E-state index contributed by atoms with van der Waals surface area (Å²) in [7, 11) is 0. The molecule has 3 rings (SSSR count). The second-order valence-electron chi connectivity index (χ2n) is 5.99. The summed E-state index contributed by atoms with van der Waals surface area (Å²) in [6.45, 7) is 5.52. The number of ether oxygens (including phenoxy) is 2.